The van der Waals surface area contributed by atoms with E-state index in [1.165, 1.54) is 0 Å². The summed E-state index contributed by atoms with van der Waals surface area (Å²) in [7, 11) is 0. The minimum absolute atomic E-state index is 0.0388. The highest BCUT2D eigenvalue weighted by Gasteiger charge is 2.02. The number of pyridine rings is 2. The van der Waals surface area contributed by atoms with Gasteiger partial charge in [-0.3, -0.25) is 9.78 Å². The Kier molecular flexibility index (Phi) is 1.85. The van der Waals surface area contributed by atoms with Crippen molar-refractivity contribution in [3.63, 3.8) is 0 Å². The van der Waals surface area contributed by atoms with Crippen LogP contribution in [0, 0.1) is 0 Å². The SMILES string of the molecule is CCc1c[nH]c2cccnc2c1=O. The van der Waals surface area contributed by atoms with Crippen LogP contribution in [0.25, 0.3) is 11.0 Å². The Balaban J connectivity index is 2.87. The van der Waals surface area contributed by atoms with Gasteiger partial charge in [0.1, 0.15) is 5.52 Å². The Morgan fingerprint density at radius 2 is 2.38 bits per heavy atom. The molecule has 0 saturated heterocycles. The molecule has 0 bridgehead atoms. The van der Waals surface area contributed by atoms with E-state index in [1.54, 1.807) is 12.4 Å². The molecule has 0 aromatic carbocycles. The average Bonchev–Trinajstić information content (AvgIpc) is 2.19. The lowest BCUT2D eigenvalue weighted by atomic mass is 10.2. The number of rotatable bonds is 1. The first-order valence-corrected chi connectivity index (χ1v) is 4.28. The van der Waals surface area contributed by atoms with Gasteiger partial charge in [-0.2, -0.15) is 0 Å². The lowest BCUT2D eigenvalue weighted by Gasteiger charge is -1.98. The van der Waals surface area contributed by atoms with Crippen molar-refractivity contribution in [3.8, 4) is 0 Å². The summed E-state index contributed by atoms with van der Waals surface area (Å²) in [6, 6.07) is 3.66. The summed E-state index contributed by atoms with van der Waals surface area (Å²) in [6.07, 6.45) is 4.13. The lowest BCUT2D eigenvalue weighted by molar-refractivity contribution is 1.09. The number of aromatic nitrogens is 2. The predicted molar refractivity (Wildman–Crippen MR) is 51.7 cm³/mol. The van der Waals surface area contributed by atoms with Crippen LogP contribution in [0.4, 0.5) is 0 Å². The van der Waals surface area contributed by atoms with E-state index in [-0.39, 0.29) is 5.43 Å². The summed E-state index contributed by atoms with van der Waals surface area (Å²) in [5.41, 5.74) is 2.15. The zero-order valence-electron chi connectivity index (χ0n) is 7.37. The molecule has 3 heteroatoms. The predicted octanol–water partition coefficient (Wildman–Crippen LogP) is 1.49. The van der Waals surface area contributed by atoms with Crippen molar-refractivity contribution in [2.24, 2.45) is 0 Å². The summed E-state index contributed by atoms with van der Waals surface area (Å²) in [5.74, 6) is 0. The Morgan fingerprint density at radius 1 is 1.54 bits per heavy atom. The second-order valence-corrected chi connectivity index (χ2v) is 2.90. The molecular formula is C10H10N2O. The van der Waals surface area contributed by atoms with E-state index in [1.807, 2.05) is 19.1 Å². The highest BCUT2D eigenvalue weighted by molar-refractivity contribution is 5.73. The van der Waals surface area contributed by atoms with Crippen molar-refractivity contribution in [1.82, 2.24) is 9.97 Å². The van der Waals surface area contributed by atoms with Gasteiger partial charge >= 0.3 is 0 Å². The molecule has 0 radical (unpaired) electrons. The standard InChI is InChI=1S/C10H10N2O/c1-2-7-6-12-8-4-3-5-11-9(8)10(7)13/h3-6H,2H2,1H3,(H,12,13). The zero-order valence-corrected chi connectivity index (χ0v) is 7.37. The first-order valence-electron chi connectivity index (χ1n) is 4.28. The van der Waals surface area contributed by atoms with Gasteiger partial charge in [0.05, 0.1) is 5.52 Å². The molecule has 0 unspecified atom stereocenters. The molecule has 0 saturated carbocycles. The van der Waals surface area contributed by atoms with Crippen LogP contribution in [0.2, 0.25) is 0 Å². The quantitative estimate of drug-likeness (QED) is 0.711. The van der Waals surface area contributed by atoms with Crippen LogP contribution in [0.15, 0.2) is 29.3 Å². The van der Waals surface area contributed by atoms with Crippen LogP contribution in [0.5, 0.6) is 0 Å². The van der Waals surface area contributed by atoms with Crippen molar-refractivity contribution in [3.05, 3.63) is 40.3 Å². The molecule has 3 nitrogen and oxygen atoms in total. The topological polar surface area (TPSA) is 45.8 Å². The van der Waals surface area contributed by atoms with Crippen LogP contribution < -0.4 is 5.43 Å². The second kappa shape index (κ2) is 3.01. The van der Waals surface area contributed by atoms with Crippen LogP contribution in [-0.4, -0.2) is 9.97 Å². The molecule has 66 valence electrons. The third-order valence-corrected chi connectivity index (χ3v) is 2.10. The number of aromatic amines is 1. The normalized spacial score (nSPS) is 10.5. The molecule has 0 aliphatic carbocycles. The first kappa shape index (κ1) is 7.98. The Bertz CT molecular complexity index is 487. The maximum atomic E-state index is 11.7. The summed E-state index contributed by atoms with van der Waals surface area (Å²) in [5, 5.41) is 0. The number of H-pyrrole nitrogens is 1. The Labute approximate surface area is 75.4 Å². The van der Waals surface area contributed by atoms with Gasteiger partial charge in [-0.15, -0.1) is 0 Å². The highest BCUT2D eigenvalue weighted by atomic mass is 16.1. The van der Waals surface area contributed by atoms with E-state index >= 15 is 0 Å². The molecule has 0 atom stereocenters. The van der Waals surface area contributed by atoms with Crippen molar-refractivity contribution >= 4 is 11.0 Å². The molecule has 2 heterocycles. The maximum absolute atomic E-state index is 11.7. The number of nitrogens with one attached hydrogen (secondary N) is 1. The fourth-order valence-corrected chi connectivity index (χ4v) is 1.35. The van der Waals surface area contributed by atoms with E-state index < -0.39 is 0 Å². The van der Waals surface area contributed by atoms with Crippen molar-refractivity contribution in [1.29, 1.82) is 0 Å². The Morgan fingerprint density at radius 3 is 3.15 bits per heavy atom. The van der Waals surface area contributed by atoms with Gasteiger partial charge in [-0.1, -0.05) is 6.92 Å². The molecule has 0 aliphatic heterocycles. The number of hydrogen-bond donors (Lipinski definition) is 1. The van der Waals surface area contributed by atoms with Crippen molar-refractivity contribution in [2.75, 3.05) is 0 Å². The first-order chi connectivity index (χ1) is 6.33. The van der Waals surface area contributed by atoms with E-state index in [0.29, 0.717) is 5.52 Å². The fourth-order valence-electron chi connectivity index (χ4n) is 1.35. The number of nitrogens with zero attached hydrogens (tertiary/aromatic N) is 1. The van der Waals surface area contributed by atoms with E-state index in [9.17, 15) is 4.79 Å². The van der Waals surface area contributed by atoms with Crippen LogP contribution in [-0.2, 0) is 6.42 Å². The third-order valence-electron chi connectivity index (χ3n) is 2.10. The smallest absolute Gasteiger partial charge is 0.210 e. The molecule has 2 aromatic rings. The van der Waals surface area contributed by atoms with E-state index in [2.05, 4.69) is 9.97 Å². The maximum Gasteiger partial charge on any atom is 0.210 e. The van der Waals surface area contributed by atoms with Crippen LogP contribution >= 0.6 is 0 Å². The minimum atomic E-state index is 0.0388. The number of hydrogen-bond acceptors (Lipinski definition) is 2. The van der Waals surface area contributed by atoms with Gasteiger partial charge in [0.25, 0.3) is 0 Å². The molecule has 0 fully saturated rings. The zero-order chi connectivity index (χ0) is 9.26. The van der Waals surface area contributed by atoms with Gasteiger partial charge in [0.15, 0.2) is 0 Å². The molecule has 2 rings (SSSR count). The van der Waals surface area contributed by atoms with Gasteiger partial charge < -0.3 is 4.98 Å². The summed E-state index contributed by atoms with van der Waals surface area (Å²) in [6.45, 7) is 1.96. The average molecular weight is 174 g/mol. The monoisotopic (exact) mass is 174 g/mol. The van der Waals surface area contributed by atoms with Crippen molar-refractivity contribution < 1.29 is 0 Å². The van der Waals surface area contributed by atoms with Gasteiger partial charge in [-0.05, 0) is 18.6 Å². The molecule has 2 aromatic heterocycles. The van der Waals surface area contributed by atoms with E-state index in [4.69, 9.17) is 0 Å². The largest absolute Gasteiger partial charge is 0.359 e. The highest BCUT2D eigenvalue weighted by Crippen LogP contribution is 2.03. The fraction of sp³-hybridized carbons (Fsp3) is 0.200. The lowest BCUT2D eigenvalue weighted by Crippen LogP contribution is -2.10. The van der Waals surface area contributed by atoms with Crippen molar-refractivity contribution in [2.45, 2.75) is 13.3 Å². The van der Waals surface area contributed by atoms with Crippen LogP contribution in [0.1, 0.15) is 12.5 Å². The third kappa shape index (κ3) is 1.22. The molecule has 1 N–H and O–H groups in total. The van der Waals surface area contributed by atoms with E-state index in [0.717, 1.165) is 17.5 Å². The molecule has 0 aliphatic rings. The molecule has 13 heavy (non-hydrogen) atoms. The Hall–Kier alpha value is -1.64. The summed E-state index contributed by atoms with van der Waals surface area (Å²) >= 11 is 0. The summed E-state index contributed by atoms with van der Waals surface area (Å²) in [4.78, 5) is 18.8. The molecule has 0 spiro atoms. The molecular weight excluding hydrogens is 164 g/mol. The number of fused-ring (bicyclic) bond motifs is 1. The second-order valence-electron chi connectivity index (χ2n) is 2.90. The van der Waals surface area contributed by atoms with Crippen LogP contribution in [0.3, 0.4) is 0 Å². The van der Waals surface area contributed by atoms with Gasteiger partial charge in [0, 0.05) is 18.0 Å². The van der Waals surface area contributed by atoms with Gasteiger partial charge in [-0.25, -0.2) is 0 Å². The minimum Gasteiger partial charge on any atom is -0.359 e. The summed E-state index contributed by atoms with van der Waals surface area (Å²) < 4.78 is 0. The number of aryl methyl sites for hydroxylation is 1. The van der Waals surface area contributed by atoms with Gasteiger partial charge in [0.2, 0.25) is 5.43 Å². The molecule has 0 amide bonds.